The summed E-state index contributed by atoms with van der Waals surface area (Å²) in [6.07, 6.45) is 3.33. The largest absolute Gasteiger partial charge is 0.508 e. The number of hydrogen-bond acceptors (Lipinski definition) is 4. The summed E-state index contributed by atoms with van der Waals surface area (Å²) in [5.41, 5.74) is 0.870. The Labute approximate surface area is 99.5 Å². The van der Waals surface area contributed by atoms with Crippen LogP contribution >= 0.6 is 0 Å². The first-order valence-electron chi connectivity index (χ1n) is 5.18. The molecule has 0 unspecified atom stereocenters. The van der Waals surface area contributed by atoms with Gasteiger partial charge in [0.15, 0.2) is 0 Å². The maximum absolute atomic E-state index is 9.32. The van der Waals surface area contributed by atoms with Crippen molar-refractivity contribution < 1.29 is 14.6 Å². The summed E-state index contributed by atoms with van der Waals surface area (Å²) in [7, 11) is 1.56. The molecule has 0 saturated carbocycles. The highest BCUT2D eigenvalue weighted by atomic mass is 16.5. The van der Waals surface area contributed by atoms with E-state index in [4.69, 9.17) is 9.47 Å². The molecule has 1 heterocycles. The van der Waals surface area contributed by atoms with Crippen LogP contribution in [0, 0.1) is 0 Å². The highest BCUT2D eigenvalue weighted by molar-refractivity contribution is 5.39. The maximum Gasteiger partial charge on any atom is 0.138 e. The third-order valence-corrected chi connectivity index (χ3v) is 2.30. The molecule has 1 aromatic carbocycles. The van der Waals surface area contributed by atoms with E-state index < -0.39 is 0 Å². The standard InChI is InChI=1S/C13H13NO3/c1-16-13-7-11(15)5-4-10(13)9-17-12-3-2-6-14-8-12/h2-8,15H,9H2,1H3. The van der Waals surface area contributed by atoms with E-state index in [9.17, 15) is 5.11 Å². The summed E-state index contributed by atoms with van der Waals surface area (Å²) in [4.78, 5) is 3.96. The molecule has 0 aliphatic carbocycles. The number of phenols is 1. The predicted molar refractivity (Wildman–Crippen MR) is 63.2 cm³/mol. The number of methoxy groups -OCH3 is 1. The van der Waals surface area contributed by atoms with Crippen LogP contribution in [0.4, 0.5) is 0 Å². The van der Waals surface area contributed by atoms with Gasteiger partial charge in [0, 0.05) is 17.8 Å². The molecule has 1 aromatic heterocycles. The molecule has 0 bridgehead atoms. The minimum absolute atomic E-state index is 0.173. The Balaban J connectivity index is 2.09. The fourth-order valence-corrected chi connectivity index (χ4v) is 1.45. The van der Waals surface area contributed by atoms with E-state index in [2.05, 4.69) is 4.98 Å². The van der Waals surface area contributed by atoms with Crippen molar-refractivity contribution in [3.63, 3.8) is 0 Å². The van der Waals surface area contributed by atoms with Crippen LogP contribution in [0.1, 0.15) is 5.56 Å². The number of hydrogen-bond donors (Lipinski definition) is 1. The van der Waals surface area contributed by atoms with Gasteiger partial charge in [0.05, 0.1) is 13.3 Å². The van der Waals surface area contributed by atoms with Gasteiger partial charge in [0.25, 0.3) is 0 Å². The van der Waals surface area contributed by atoms with Crippen LogP contribution in [0.15, 0.2) is 42.7 Å². The van der Waals surface area contributed by atoms with Gasteiger partial charge in [-0.1, -0.05) is 0 Å². The molecule has 0 amide bonds. The number of nitrogens with zero attached hydrogens (tertiary/aromatic N) is 1. The minimum atomic E-state index is 0.173. The van der Waals surface area contributed by atoms with E-state index in [-0.39, 0.29) is 5.75 Å². The van der Waals surface area contributed by atoms with Crippen molar-refractivity contribution in [2.24, 2.45) is 0 Å². The van der Waals surface area contributed by atoms with Gasteiger partial charge >= 0.3 is 0 Å². The Morgan fingerprint density at radius 2 is 2.18 bits per heavy atom. The molecule has 1 N–H and O–H groups in total. The van der Waals surface area contributed by atoms with Crippen molar-refractivity contribution in [1.82, 2.24) is 4.98 Å². The first-order chi connectivity index (χ1) is 8.29. The molecule has 0 aliphatic rings. The van der Waals surface area contributed by atoms with Gasteiger partial charge in [-0.25, -0.2) is 0 Å². The normalized spacial score (nSPS) is 9.94. The Hall–Kier alpha value is -2.23. The lowest BCUT2D eigenvalue weighted by molar-refractivity contribution is 0.295. The van der Waals surface area contributed by atoms with E-state index in [0.29, 0.717) is 18.1 Å². The molecule has 88 valence electrons. The van der Waals surface area contributed by atoms with Gasteiger partial charge in [-0.3, -0.25) is 4.98 Å². The van der Waals surface area contributed by atoms with Crippen LogP contribution in [0.25, 0.3) is 0 Å². The van der Waals surface area contributed by atoms with E-state index in [1.165, 1.54) is 0 Å². The van der Waals surface area contributed by atoms with Crippen molar-refractivity contribution in [2.45, 2.75) is 6.61 Å². The van der Waals surface area contributed by atoms with E-state index in [0.717, 1.165) is 5.56 Å². The Morgan fingerprint density at radius 1 is 1.29 bits per heavy atom. The molecule has 0 aliphatic heterocycles. The molecular formula is C13H13NO3. The maximum atomic E-state index is 9.32. The lowest BCUT2D eigenvalue weighted by Crippen LogP contribution is -1.98. The van der Waals surface area contributed by atoms with Gasteiger partial charge in [0.1, 0.15) is 23.9 Å². The lowest BCUT2D eigenvalue weighted by atomic mass is 10.2. The summed E-state index contributed by atoms with van der Waals surface area (Å²) < 4.78 is 10.7. The van der Waals surface area contributed by atoms with Crippen molar-refractivity contribution in [1.29, 1.82) is 0 Å². The molecule has 2 aromatic rings. The zero-order chi connectivity index (χ0) is 12.1. The highest BCUT2D eigenvalue weighted by Crippen LogP contribution is 2.24. The number of rotatable bonds is 4. The highest BCUT2D eigenvalue weighted by Gasteiger charge is 2.04. The second-order valence-corrected chi connectivity index (χ2v) is 3.47. The summed E-state index contributed by atoms with van der Waals surface area (Å²) in [5, 5.41) is 9.32. The van der Waals surface area contributed by atoms with Crippen molar-refractivity contribution in [3.8, 4) is 17.2 Å². The molecule has 17 heavy (non-hydrogen) atoms. The Kier molecular flexibility index (Phi) is 3.45. The molecule has 4 heteroatoms. The fraction of sp³-hybridized carbons (Fsp3) is 0.154. The fourth-order valence-electron chi connectivity index (χ4n) is 1.45. The zero-order valence-corrected chi connectivity index (χ0v) is 9.46. The lowest BCUT2D eigenvalue weighted by Gasteiger charge is -2.10. The van der Waals surface area contributed by atoms with Crippen molar-refractivity contribution in [3.05, 3.63) is 48.3 Å². The van der Waals surface area contributed by atoms with Gasteiger partial charge in [-0.05, 0) is 24.3 Å². The molecule has 0 spiro atoms. The molecule has 4 nitrogen and oxygen atoms in total. The third kappa shape index (κ3) is 2.87. The average molecular weight is 231 g/mol. The van der Waals surface area contributed by atoms with Crippen LogP contribution < -0.4 is 9.47 Å². The van der Waals surface area contributed by atoms with E-state index in [1.54, 1.807) is 37.7 Å². The topological polar surface area (TPSA) is 51.6 Å². The summed E-state index contributed by atoms with van der Waals surface area (Å²) >= 11 is 0. The van der Waals surface area contributed by atoms with Gasteiger partial charge in [-0.15, -0.1) is 0 Å². The molecule has 2 rings (SSSR count). The van der Waals surface area contributed by atoms with Crippen molar-refractivity contribution in [2.75, 3.05) is 7.11 Å². The second kappa shape index (κ2) is 5.21. The van der Waals surface area contributed by atoms with Crippen LogP contribution in [0.2, 0.25) is 0 Å². The Bertz CT molecular complexity index is 485. The molecule has 0 saturated heterocycles. The van der Waals surface area contributed by atoms with Crippen LogP contribution in [0.3, 0.4) is 0 Å². The van der Waals surface area contributed by atoms with Crippen LogP contribution in [0.5, 0.6) is 17.2 Å². The summed E-state index contributed by atoms with van der Waals surface area (Å²) in [6.45, 7) is 0.370. The molecular weight excluding hydrogens is 218 g/mol. The monoisotopic (exact) mass is 231 g/mol. The van der Waals surface area contributed by atoms with Gasteiger partial charge in [0.2, 0.25) is 0 Å². The number of pyridine rings is 1. The number of aromatic hydroxyl groups is 1. The molecule has 0 radical (unpaired) electrons. The first kappa shape index (κ1) is 11.3. The van der Waals surface area contributed by atoms with E-state index in [1.807, 2.05) is 12.1 Å². The quantitative estimate of drug-likeness (QED) is 0.877. The number of ether oxygens (including phenoxy) is 2. The summed E-state index contributed by atoms with van der Waals surface area (Å²) in [5.74, 6) is 1.48. The minimum Gasteiger partial charge on any atom is -0.508 e. The number of phenolic OH excluding ortho intramolecular Hbond substituents is 1. The summed E-state index contributed by atoms with van der Waals surface area (Å²) in [6, 6.07) is 8.57. The zero-order valence-electron chi connectivity index (χ0n) is 9.46. The first-order valence-corrected chi connectivity index (χ1v) is 5.18. The smallest absolute Gasteiger partial charge is 0.138 e. The predicted octanol–water partition coefficient (Wildman–Crippen LogP) is 2.37. The van der Waals surface area contributed by atoms with Gasteiger partial charge < -0.3 is 14.6 Å². The second-order valence-electron chi connectivity index (χ2n) is 3.47. The third-order valence-electron chi connectivity index (χ3n) is 2.30. The van der Waals surface area contributed by atoms with Crippen LogP contribution in [-0.4, -0.2) is 17.2 Å². The van der Waals surface area contributed by atoms with Gasteiger partial charge in [-0.2, -0.15) is 0 Å². The number of aromatic nitrogens is 1. The SMILES string of the molecule is COc1cc(O)ccc1COc1cccnc1. The Morgan fingerprint density at radius 3 is 2.88 bits per heavy atom. The average Bonchev–Trinajstić information content (AvgIpc) is 2.38. The number of benzene rings is 1. The van der Waals surface area contributed by atoms with Crippen LogP contribution in [-0.2, 0) is 6.61 Å². The molecule has 0 atom stereocenters. The van der Waals surface area contributed by atoms with E-state index >= 15 is 0 Å². The van der Waals surface area contributed by atoms with Crippen molar-refractivity contribution >= 4 is 0 Å². The molecule has 0 fully saturated rings.